The molecule has 0 bridgehead atoms. The van der Waals surface area contributed by atoms with Crippen molar-refractivity contribution in [3.8, 4) is 5.75 Å². The van der Waals surface area contributed by atoms with Crippen molar-refractivity contribution >= 4 is 34.4 Å². The lowest BCUT2D eigenvalue weighted by molar-refractivity contribution is -0.120. The van der Waals surface area contributed by atoms with Crippen LogP contribution >= 0.6 is 0 Å². The first-order valence-corrected chi connectivity index (χ1v) is 10.7. The molecule has 6 nitrogen and oxygen atoms in total. The highest BCUT2D eigenvalue weighted by Gasteiger charge is 2.40. The van der Waals surface area contributed by atoms with Gasteiger partial charge in [0.1, 0.15) is 11.4 Å². The number of aryl methyl sites for hydroxylation is 2. The number of para-hydroxylation sites is 2. The normalized spacial score (nSPS) is 13.5. The molecular formula is C27H27N3O3. The van der Waals surface area contributed by atoms with E-state index in [1.54, 1.807) is 25.3 Å². The zero-order valence-electron chi connectivity index (χ0n) is 19.5. The fourth-order valence-electron chi connectivity index (χ4n) is 3.83. The molecule has 0 saturated heterocycles. The van der Waals surface area contributed by atoms with Crippen molar-refractivity contribution in [2.75, 3.05) is 36.3 Å². The molecule has 2 amide bonds. The van der Waals surface area contributed by atoms with Gasteiger partial charge in [-0.2, -0.15) is 0 Å². The van der Waals surface area contributed by atoms with Gasteiger partial charge in [-0.15, -0.1) is 0 Å². The van der Waals surface area contributed by atoms with Crippen LogP contribution < -0.4 is 19.9 Å². The van der Waals surface area contributed by atoms with Gasteiger partial charge in [0.15, 0.2) is 0 Å². The number of anilines is 3. The number of nitrogens with zero attached hydrogens (tertiary/aromatic N) is 2. The van der Waals surface area contributed by atoms with Crippen molar-refractivity contribution in [1.29, 1.82) is 0 Å². The Morgan fingerprint density at radius 2 is 1.55 bits per heavy atom. The zero-order chi connectivity index (χ0) is 23.7. The van der Waals surface area contributed by atoms with Crippen LogP contribution in [0.15, 0.2) is 72.4 Å². The summed E-state index contributed by atoms with van der Waals surface area (Å²) in [7, 11) is 5.45. The summed E-state index contributed by atoms with van der Waals surface area (Å²) in [5.41, 5.74) is 5.54. The third-order valence-corrected chi connectivity index (χ3v) is 5.87. The molecule has 0 atom stereocenters. The van der Waals surface area contributed by atoms with Crippen LogP contribution in [0.4, 0.5) is 17.1 Å². The smallest absolute Gasteiger partial charge is 0.282 e. The molecule has 1 aliphatic heterocycles. The Labute approximate surface area is 194 Å². The molecule has 1 heterocycles. The van der Waals surface area contributed by atoms with Gasteiger partial charge in [-0.3, -0.25) is 9.59 Å². The van der Waals surface area contributed by atoms with E-state index in [2.05, 4.69) is 5.32 Å². The molecule has 0 saturated carbocycles. The molecule has 0 spiro atoms. The molecule has 1 N–H and O–H groups in total. The van der Waals surface area contributed by atoms with Gasteiger partial charge in [-0.25, -0.2) is 4.90 Å². The Morgan fingerprint density at radius 3 is 2.18 bits per heavy atom. The van der Waals surface area contributed by atoms with E-state index in [1.807, 2.05) is 81.4 Å². The fraction of sp³-hybridized carbons (Fsp3) is 0.185. The lowest BCUT2D eigenvalue weighted by Gasteiger charge is -2.18. The van der Waals surface area contributed by atoms with E-state index >= 15 is 0 Å². The van der Waals surface area contributed by atoms with E-state index in [-0.39, 0.29) is 11.6 Å². The van der Waals surface area contributed by atoms with E-state index < -0.39 is 5.91 Å². The maximum atomic E-state index is 13.7. The number of carbonyl (C=O) groups is 2. The predicted molar refractivity (Wildman–Crippen MR) is 133 cm³/mol. The second kappa shape index (κ2) is 8.82. The number of methoxy groups -OCH3 is 1. The third-order valence-electron chi connectivity index (χ3n) is 5.87. The number of amides is 2. The van der Waals surface area contributed by atoms with Gasteiger partial charge in [0.05, 0.1) is 24.1 Å². The highest BCUT2D eigenvalue weighted by atomic mass is 16.5. The van der Waals surface area contributed by atoms with Crippen molar-refractivity contribution in [3.63, 3.8) is 0 Å². The Hall–Kier alpha value is -4.06. The summed E-state index contributed by atoms with van der Waals surface area (Å²) in [6.07, 6.45) is 0. The van der Waals surface area contributed by atoms with E-state index in [1.165, 1.54) is 4.90 Å². The molecular weight excluding hydrogens is 414 g/mol. The second-order valence-electron chi connectivity index (χ2n) is 8.23. The van der Waals surface area contributed by atoms with Crippen molar-refractivity contribution in [3.05, 3.63) is 89.1 Å². The molecule has 3 aromatic rings. The fourth-order valence-corrected chi connectivity index (χ4v) is 3.83. The van der Waals surface area contributed by atoms with Crippen LogP contribution in [0.5, 0.6) is 5.75 Å². The lowest BCUT2D eigenvalue weighted by atomic mass is 9.99. The topological polar surface area (TPSA) is 61.9 Å². The number of hydrogen-bond donors (Lipinski definition) is 1. The van der Waals surface area contributed by atoms with Crippen LogP contribution in [0, 0.1) is 13.8 Å². The Bertz CT molecular complexity index is 1260. The summed E-state index contributed by atoms with van der Waals surface area (Å²) in [6, 6.07) is 20.4. The first kappa shape index (κ1) is 22.1. The quantitative estimate of drug-likeness (QED) is 0.558. The number of nitrogens with one attached hydrogen (secondary N) is 1. The second-order valence-corrected chi connectivity index (χ2v) is 8.23. The summed E-state index contributed by atoms with van der Waals surface area (Å²) >= 11 is 0. The monoisotopic (exact) mass is 441 g/mol. The van der Waals surface area contributed by atoms with E-state index in [0.29, 0.717) is 28.3 Å². The molecule has 6 heteroatoms. The number of rotatable bonds is 6. The van der Waals surface area contributed by atoms with Crippen molar-refractivity contribution in [2.24, 2.45) is 0 Å². The molecule has 0 aromatic heterocycles. The van der Waals surface area contributed by atoms with Crippen LogP contribution in [0.3, 0.4) is 0 Å². The van der Waals surface area contributed by atoms with Gasteiger partial charge >= 0.3 is 0 Å². The van der Waals surface area contributed by atoms with Crippen LogP contribution in [-0.2, 0) is 9.59 Å². The van der Waals surface area contributed by atoms with E-state index in [9.17, 15) is 9.59 Å². The Balaban J connectivity index is 1.83. The lowest BCUT2D eigenvalue weighted by Crippen LogP contribution is -2.32. The minimum atomic E-state index is -0.406. The summed E-state index contributed by atoms with van der Waals surface area (Å²) in [5, 5.41) is 3.19. The van der Waals surface area contributed by atoms with Crippen molar-refractivity contribution in [1.82, 2.24) is 0 Å². The number of imide groups is 1. The maximum absolute atomic E-state index is 13.7. The van der Waals surface area contributed by atoms with E-state index in [0.717, 1.165) is 16.8 Å². The van der Waals surface area contributed by atoms with Crippen LogP contribution in [0.1, 0.15) is 16.7 Å². The molecule has 3 aromatic carbocycles. The van der Waals surface area contributed by atoms with Crippen molar-refractivity contribution < 1.29 is 14.3 Å². The van der Waals surface area contributed by atoms with Gasteiger partial charge < -0.3 is 15.0 Å². The Kier molecular flexibility index (Phi) is 5.92. The highest BCUT2D eigenvalue weighted by Crippen LogP contribution is 2.36. The molecule has 33 heavy (non-hydrogen) atoms. The molecule has 0 radical (unpaired) electrons. The SMILES string of the molecule is COc1ccccc1NC1=C(c2ccc(C)c(C)c2)C(=O)N(c2ccc(N(C)C)cc2)C1=O. The van der Waals surface area contributed by atoms with E-state index in [4.69, 9.17) is 4.74 Å². The molecule has 0 fully saturated rings. The Morgan fingerprint density at radius 1 is 0.848 bits per heavy atom. The van der Waals surface area contributed by atoms with Crippen LogP contribution in [-0.4, -0.2) is 33.0 Å². The number of ether oxygens (including phenoxy) is 1. The van der Waals surface area contributed by atoms with Gasteiger partial charge in [0.25, 0.3) is 11.8 Å². The summed E-state index contributed by atoms with van der Waals surface area (Å²) in [4.78, 5) is 30.4. The summed E-state index contributed by atoms with van der Waals surface area (Å²) in [6.45, 7) is 4.01. The van der Waals surface area contributed by atoms with Crippen LogP contribution in [0.25, 0.3) is 5.57 Å². The number of carbonyl (C=O) groups excluding carboxylic acids is 2. The van der Waals surface area contributed by atoms with Gasteiger partial charge in [0.2, 0.25) is 0 Å². The zero-order valence-corrected chi connectivity index (χ0v) is 19.5. The third kappa shape index (κ3) is 4.07. The molecule has 0 aliphatic carbocycles. The van der Waals surface area contributed by atoms with Gasteiger partial charge in [-0.05, 0) is 66.9 Å². The predicted octanol–water partition coefficient (Wildman–Crippen LogP) is 4.77. The number of benzene rings is 3. The molecule has 4 rings (SSSR count). The molecule has 1 aliphatic rings. The number of hydrogen-bond acceptors (Lipinski definition) is 5. The average molecular weight is 442 g/mol. The summed E-state index contributed by atoms with van der Waals surface area (Å²) in [5.74, 6) is -0.187. The minimum absolute atomic E-state index is 0.226. The largest absolute Gasteiger partial charge is 0.495 e. The average Bonchev–Trinajstić information content (AvgIpc) is 3.05. The first-order chi connectivity index (χ1) is 15.8. The van der Waals surface area contributed by atoms with Gasteiger partial charge in [0, 0.05) is 19.8 Å². The standard InChI is InChI=1S/C27H27N3O3/c1-17-10-11-19(16-18(17)2)24-25(28-22-8-6-7-9-23(22)33-5)27(32)30(26(24)31)21-14-12-20(13-15-21)29(3)4/h6-16,28H,1-5H3. The molecule has 168 valence electrons. The molecule has 0 unspecified atom stereocenters. The van der Waals surface area contributed by atoms with Gasteiger partial charge in [-0.1, -0.05) is 30.3 Å². The first-order valence-electron chi connectivity index (χ1n) is 10.7. The van der Waals surface area contributed by atoms with Crippen LogP contribution in [0.2, 0.25) is 0 Å². The maximum Gasteiger partial charge on any atom is 0.282 e. The minimum Gasteiger partial charge on any atom is -0.495 e. The van der Waals surface area contributed by atoms with Crippen molar-refractivity contribution in [2.45, 2.75) is 13.8 Å². The highest BCUT2D eigenvalue weighted by molar-refractivity contribution is 6.46. The summed E-state index contributed by atoms with van der Waals surface area (Å²) < 4.78 is 5.44.